The predicted molar refractivity (Wildman–Crippen MR) is 134 cm³/mol. The van der Waals surface area contributed by atoms with Crippen molar-refractivity contribution in [3.63, 3.8) is 0 Å². The Kier molecular flexibility index (Phi) is 6.89. The molecule has 0 aliphatic carbocycles. The molecule has 3 aromatic carbocycles. The van der Waals surface area contributed by atoms with Crippen molar-refractivity contribution in [2.24, 2.45) is 0 Å². The zero-order chi connectivity index (χ0) is 25.1. The van der Waals surface area contributed by atoms with Crippen LogP contribution in [0.4, 0.5) is 10.5 Å². The molecule has 0 aromatic heterocycles. The smallest absolute Gasteiger partial charge is 0.335 e. The lowest BCUT2D eigenvalue weighted by atomic mass is 10.0. The second-order valence-electron chi connectivity index (χ2n) is 8.02. The highest BCUT2D eigenvalue weighted by Crippen LogP contribution is 2.31. The highest BCUT2D eigenvalue weighted by molar-refractivity contribution is 6.39. The average molecular weight is 491 g/mol. The van der Waals surface area contributed by atoms with Crippen LogP contribution in [0, 0.1) is 13.8 Å². The third kappa shape index (κ3) is 5.05. The molecule has 178 valence electrons. The van der Waals surface area contributed by atoms with Crippen molar-refractivity contribution in [3.05, 3.63) is 93.5 Å². The molecule has 1 N–H and O–H groups in total. The monoisotopic (exact) mass is 490 g/mol. The van der Waals surface area contributed by atoms with Crippen molar-refractivity contribution < 1.29 is 23.9 Å². The number of barbiturate groups is 1. The van der Waals surface area contributed by atoms with Crippen molar-refractivity contribution in [2.45, 2.75) is 20.5 Å². The largest absolute Gasteiger partial charge is 0.493 e. The van der Waals surface area contributed by atoms with Crippen LogP contribution >= 0.6 is 11.6 Å². The number of methoxy groups -OCH3 is 1. The molecular weight excluding hydrogens is 468 g/mol. The van der Waals surface area contributed by atoms with Gasteiger partial charge < -0.3 is 9.47 Å². The Balaban J connectivity index is 1.61. The number of nitrogens with zero attached hydrogens (tertiary/aromatic N) is 1. The molecule has 0 radical (unpaired) electrons. The summed E-state index contributed by atoms with van der Waals surface area (Å²) in [7, 11) is 1.49. The van der Waals surface area contributed by atoms with Crippen molar-refractivity contribution in [2.75, 3.05) is 12.0 Å². The number of hydrogen-bond donors (Lipinski definition) is 1. The van der Waals surface area contributed by atoms with E-state index in [0.29, 0.717) is 27.8 Å². The predicted octanol–water partition coefficient (Wildman–Crippen LogP) is 5.21. The summed E-state index contributed by atoms with van der Waals surface area (Å²) in [6, 6.07) is 16.8. The minimum absolute atomic E-state index is 0.172. The zero-order valence-electron chi connectivity index (χ0n) is 19.4. The summed E-state index contributed by atoms with van der Waals surface area (Å²) in [5.41, 5.74) is 3.50. The van der Waals surface area contributed by atoms with Crippen molar-refractivity contribution >= 4 is 41.2 Å². The number of rotatable bonds is 6. The topological polar surface area (TPSA) is 84.9 Å². The van der Waals surface area contributed by atoms with Gasteiger partial charge in [0.2, 0.25) is 0 Å². The van der Waals surface area contributed by atoms with E-state index in [1.165, 1.54) is 13.2 Å². The fraction of sp³-hybridized carbons (Fsp3) is 0.148. The number of carbonyl (C=O) groups is 3. The summed E-state index contributed by atoms with van der Waals surface area (Å²) in [6.07, 6.45) is 1.42. The van der Waals surface area contributed by atoms with Crippen molar-refractivity contribution in [3.8, 4) is 11.5 Å². The van der Waals surface area contributed by atoms with Crippen LogP contribution in [-0.4, -0.2) is 25.0 Å². The summed E-state index contributed by atoms with van der Waals surface area (Å²) in [5.74, 6) is -0.587. The SMILES string of the molecule is COc1cc(/C=C2\C(=O)NC(=O)N(c3ccc(C)c(C)c3)C2=O)ccc1OCc1ccccc1Cl. The Morgan fingerprint density at radius 1 is 0.943 bits per heavy atom. The molecule has 0 atom stereocenters. The first-order chi connectivity index (χ1) is 16.8. The number of amides is 4. The van der Waals surface area contributed by atoms with E-state index in [1.54, 1.807) is 36.4 Å². The van der Waals surface area contributed by atoms with Gasteiger partial charge in [0.15, 0.2) is 11.5 Å². The minimum Gasteiger partial charge on any atom is -0.493 e. The third-order valence-corrected chi connectivity index (χ3v) is 6.06. The normalized spacial score (nSPS) is 14.8. The van der Waals surface area contributed by atoms with Crippen molar-refractivity contribution in [1.82, 2.24) is 5.32 Å². The molecule has 0 saturated carbocycles. The molecule has 0 unspecified atom stereocenters. The zero-order valence-corrected chi connectivity index (χ0v) is 20.2. The van der Waals surface area contributed by atoms with E-state index in [1.807, 2.05) is 38.1 Å². The fourth-order valence-corrected chi connectivity index (χ4v) is 3.78. The number of halogens is 1. The molecule has 35 heavy (non-hydrogen) atoms. The molecule has 0 bridgehead atoms. The van der Waals surface area contributed by atoms with Crippen LogP contribution in [0.5, 0.6) is 11.5 Å². The second kappa shape index (κ2) is 10.0. The van der Waals surface area contributed by atoms with E-state index in [-0.39, 0.29) is 12.2 Å². The highest BCUT2D eigenvalue weighted by atomic mass is 35.5. The van der Waals surface area contributed by atoms with Gasteiger partial charge in [0.05, 0.1) is 12.8 Å². The molecule has 3 aromatic rings. The number of anilines is 1. The van der Waals surface area contributed by atoms with Gasteiger partial charge in [-0.2, -0.15) is 0 Å². The summed E-state index contributed by atoms with van der Waals surface area (Å²) in [5, 5.41) is 2.83. The average Bonchev–Trinajstić information content (AvgIpc) is 2.83. The quantitative estimate of drug-likeness (QED) is 0.378. The molecule has 1 aliphatic rings. The Morgan fingerprint density at radius 3 is 2.43 bits per heavy atom. The fourth-order valence-electron chi connectivity index (χ4n) is 3.59. The lowest BCUT2D eigenvalue weighted by Crippen LogP contribution is -2.54. The Bertz CT molecular complexity index is 1370. The number of benzene rings is 3. The maximum atomic E-state index is 13.2. The molecule has 4 rings (SSSR count). The van der Waals surface area contributed by atoms with Crippen molar-refractivity contribution in [1.29, 1.82) is 0 Å². The van der Waals surface area contributed by atoms with Gasteiger partial charge >= 0.3 is 6.03 Å². The first-order valence-corrected chi connectivity index (χ1v) is 11.2. The van der Waals surface area contributed by atoms with E-state index >= 15 is 0 Å². The molecule has 8 heteroatoms. The van der Waals surface area contributed by atoms with Gasteiger partial charge in [0, 0.05) is 10.6 Å². The van der Waals surface area contributed by atoms with Gasteiger partial charge in [-0.15, -0.1) is 0 Å². The molecule has 7 nitrogen and oxygen atoms in total. The molecule has 1 aliphatic heterocycles. The first kappa shape index (κ1) is 24.0. The van der Waals surface area contributed by atoms with Gasteiger partial charge in [-0.1, -0.05) is 41.9 Å². The van der Waals surface area contributed by atoms with E-state index in [9.17, 15) is 14.4 Å². The summed E-state index contributed by atoms with van der Waals surface area (Å²) < 4.78 is 11.3. The summed E-state index contributed by atoms with van der Waals surface area (Å²) >= 11 is 6.19. The lowest BCUT2D eigenvalue weighted by Gasteiger charge is -2.26. The lowest BCUT2D eigenvalue weighted by molar-refractivity contribution is -0.122. The van der Waals surface area contributed by atoms with E-state index in [4.69, 9.17) is 21.1 Å². The Hall–Kier alpha value is -4.10. The van der Waals surface area contributed by atoms with E-state index in [2.05, 4.69) is 5.32 Å². The van der Waals surface area contributed by atoms with E-state index in [0.717, 1.165) is 21.6 Å². The van der Waals surface area contributed by atoms with Crippen LogP contribution in [0.3, 0.4) is 0 Å². The molecule has 1 fully saturated rings. The van der Waals surface area contributed by atoms with Gasteiger partial charge in [-0.05, 0) is 66.9 Å². The van der Waals surface area contributed by atoms with Crippen LogP contribution < -0.4 is 19.7 Å². The summed E-state index contributed by atoms with van der Waals surface area (Å²) in [4.78, 5) is 39.1. The van der Waals surface area contributed by atoms with Crippen LogP contribution in [0.25, 0.3) is 6.08 Å². The number of imide groups is 2. The Morgan fingerprint density at radius 2 is 1.71 bits per heavy atom. The maximum absolute atomic E-state index is 13.2. The number of urea groups is 1. The number of hydrogen-bond acceptors (Lipinski definition) is 5. The van der Waals surface area contributed by atoms with Crippen LogP contribution in [0.1, 0.15) is 22.3 Å². The summed E-state index contributed by atoms with van der Waals surface area (Å²) in [6.45, 7) is 4.06. The van der Waals surface area contributed by atoms with Gasteiger partial charge in [-0.25, -0.2) is 9.69 Å². The highest BCUT2D eigenvalue weighted by Gasteiger charge is 2.37. The van der Waals surface area contributed by atoms with Crippen LogP contribution in [0.2, 0.25) is 5.02 Å². The van der Waals surface area contributed by atoms with Gasteiger partial charge in [0.25, 0.3) is 11.8 Å². The molecular formula is C27H23ClN2O5. The number of nitrogens with one attached hydrogen (secondary N) is 1. The van der Waals surface area contributed by atoms with Crippen LogP contribution in [0.15, 0.2) is 66.2 Å². The Labute approximate surface area is 207 Å². The molecule has 4 amide bonds. The maximum Gasteiger partial charge on any atom is 0.335 e. The number of ether oxygens (including phenoxy) is 2. The number of carbonyl (C=O) groups excluding carboxylic acids is 3. The standard InChI is InChI=1S/C27H23ClN2O5/c1-16-8-10-20(12-17(16)2)30-26(32)21(25(31)29-27(30)33)13-18-9-11-23(24(14-18)34-3)35-15-19-6-4-5-7-22(19)28/h4-14H,15H2,1-3H3,(H,29,31,33)/b21-13+. The van der Waals surface area contributed by atoms with Gasteiger partial charge in [-0.3, -0.25) is 14.9 Å². The minimum atomic E-state index is -0.790. The van der Waals surface area contributed by atoms with E-state index < -0.39 is 17.8 Å². The molecule has 1 saturated heterocycles. The number of aryl methyl sites for hydroxylation is 2. The first-order valence-electron chi connectivity index (χ1n) is 10.8. The second-order valence-corrected chi connectivity index (χ2v) is 8.42. The molecule has 0 spiro atoms. The van der Waals surface area contributed by atoms with Crippen LogP contribution in [-0.2, 0) is 16.2 Å². The third-order valence-electron chi connectivity index (χ3n) is 5.69. The van der Waals surface area contributed by atoms with Gasteiger partial charge in [0.1, 0.15) is 12.2 Å². The molecule has 1 heterocycles.